The Morgan fingerprint density at radius 2 is 1.27 bits per heavy atom. The van der Waals surface area contributed by atoms with Gasteiger partial charge in [0.05, 0.1) is 25.4 Å². The van der Waals surface area contributed by atoms with Gasteiger partial charge in [-0.3, -0.25) is 0 Å². The Labute approximate surface area is 66.6 Å². The summed E-state index contributed by atoms with van der Waals surface area (Å²) in [5.41, 5.74) is 0. The maximum absolute atomic E-state index is 5.56. The number of ether oxygens (including phenoxy) is 3. The molecule has 2 heterocycles. The lowest BCUT2D eigenvalue weighted by molar-refractivity contribution is -0.139. The zero-order valence-electron chi connectivity index (χ0n) is 6.62. The van der Waals surface area contributed by atoms with E-state index in [4.69, 9.17) is 14.2 Å². The molecule has 0 aromatic heterocycles. The maximum atomic E-state index is 5.56. The molecular formula is C8H14O3. The summed E-state index contributed by atoms with van der Waals surface area (Å²) >= 11 is 0. The lowest BCUT2D eigenvalue weighted by atomic mass is 10.1. The fourth-order valence-corrected chi connectivity index (χ4v) is 1.65. The summed E-state index contributed by atoms with van der Waals surface area (Å²) in [5, 5.41) is 0. The first-order valence-electron chi connectivity index (χ1n) is 4.28. The summed E-state index contributed by atoms with van der Waals surface area (Å²) in [6, 6.07) is 0. The molecule has 0 aromatic rings. The molecule has 0 N–H and O–H groups in total. The highest BCUT2D eigenvalue weighted by Gasteiger charge is 2.28. The molecular weight excluding hydrogens is 144 g/mol. The van der Waals surface area contributed by atoms with Gasteiger partial charge in [0.15, 0.2) is 0 Å². The Balaban J connectivity index is 1.93. The molecule has 3 nitrogen and oxygen atoms in total. The SMILES string of the molecule is C1CC2OCCOC2CCO1. The average Bonchev–Trinajstić information content (AvgIpc) is 2.28. The van der Waals surface area contributed by atoms with Crippen LogP contribution >= 0.6 is 0 Å². The van der Waals surface area contributed by atoms with E-state index in [0.717, 1.165) is 39.3 Å². The molecule has 2 saturated heterocycles. The first kappa shape index (κ1) is 7.53. The topological polar surface area (TPSA) is 27.7 Å². The minimum Gasteiger partial charge on any atom is -0.381 e. The van der Waals surface area contributed by atoms with E-state index in [1.165, 1.54) is 0 Å². The molecule has 2 atom stereocenters. The van der Waals surface area contributed by atoms with Gasteiger partial charge in [-0.25, -0.2) is 0 Å². The van der Waals surface area contributed by atoms with Crippen LogP contribution in [-0.4, -0.2) is 38.6 Å². The third-order valence-electron chi connectivity index (χ3n) is 2.26. The summed E-state index contributed by atoms with van der Waals surface area (Å²) in [6.45, 7) is 3.15. The van der Waals surface area contributed by atoms with Crippen LogP contribution < -0.4 is 0 Å². The van der Waals surface area contributed by atoms with Crippen LogP contribution in [0.15, 0.2) is 0 Å². The second-order valence-electron chi connectivity index (χ2n) is 3.01. The molecule has 0 amide bonds. The predicted octanol–water partition coefficient (Wildman–Crippen LogP) is 0.581. The second-order valence-corrected chi connectivity index (χ2v) is 3.01. The van der Waals surface area contributed by atoms with Gasteiger partial charge in [0.2, 0.25) is 0 Å². The van der Waals surface area contributed by atoms with Crippen LogP contribution in [0.4, 0.5) is 0 Å². The Kier molecular flexibility index (Phi) is 2.41. The molecule has 2 aliphatic rings. The standard InChI is InChI=1S/C8H14O3/c1-3-9-4-2-8-7(1)10-5-6-11-8/h7-8H,1-6H2. The van der Waals surface area contributed by atoms with Crippen LogP contribution in [0.3, 0.4) is 0 Å². The lowest BCUT2D eigenvalue weighted by Gasteiger charge is -2.29. The highest BCUT2D eigenvalue weighted by molar-refractivity contribution is 4.76. The molecule has 3 heteroatoms. The molecule has 0 aromatic carbocycles. The van der Waals surface area contributed by atoms with Gasteiger partial charge >= 0.3 is 0 Å². The fraction of sp³-hybridized carbons (Fsp3) is 1.00. The van der Waals surface area contributed by atoms with Crippen molar-refractivity contribution in [2.45, 2.75) is 25.0 Å². The van der Waals surface area contributed by atoms with Gasteiger partial charge in [-0.15, -0.1) is 0 Å². The molecule has 2 fully saturated rings. The molecule has 0 saturated carbocycles. The molecule has 0 radical (unpaired) electrons. The third-order valence-corrected chi connectivity index (χ3v) is 2.26. The molecule has 64 valence electrons. The van der Waals surface area contributed by atoms with Gasteiger partial charge in [0, 0.05) is 13.2 Å². The van der Waals surface area contributed by atoms with Gasteiger partial charge in [0.25, 0.3) is 0 Å². The minimum absolute atomic E-state index is 0.297. The third kappa shape index (κ3) is 1.72. The monoisotopic (exact) mass is 158 g/mol. The molecule has 2 unspecified atom stereocenters. The normalized spacial score (nSPS) is 39.3. The van der Waals surface area contributed by atoms with Gasteiger partial charge < -0.3 is 14.2 Å². The van der Waals surface area contributed by atoms with Crippen LogP contribution in [0.5, 0.6) is 0 Å². The van der Waals surface area contributed by atoms with Crippen molar-refractivity contribution in [3.8, 4) is 0 Å². The van der Waals surface area contributed by atoms with E-state index in [1.807, 2.05) is 0 Å². The number of rotatable bonds is 0. The smallest absolute Gasteiger partial charge is 0.0860 e. The maximum Gasteiger partial charge on any atom is 0.0860 e. The zero-order chi connectivity index (χ0) is 7.52. The van der Waals surface area contributed by atoms with Crippen LogP contribution in [0, 0.1) is 0 Å². The van der Waals surface area contributed by atoms with E-state index < -0.39 is 0 Å². The van der Waals surface area contributed by atoms with Crippen molar-refractivity contribution in [1.82, 2.24) is 0 Å². The van der Waals surface area contributed by atoms with Gasteiger partial charge in [-0.05, 0) is 12.8 Å². The molecule has 0 spiro atoms. The van der Waals surface area contributed by atoms with Crippen molar-refractivity contribution in [2.24, 2.45) is 0 Å². The molecule has 2 aliphatic heterocycles. The van der Waals surface area contributed by atoms with Gasteiger partial charge in [0.1, 0.15) is 0 Å². The van der Waals surface area contributed by atoms with Crippen LogP contribution in [-0.2, 0) is 14.2 Å². The van der Waals surface area contributed by atoms with Crippen LogP contribution in [0.25, 0.3) is 0 Å². The van der Waals surface area contributed by atoms with Crippen molar-refractivity contribution in [2.75, 3.05) is 26.4 Å². The highest BCUT2D eigenvalue weighted by Crippen LogP contribution is 2.19. The Morgan fingerprint density at radius 3 is 1.82 bits per heavy atom. The summed E-state index contributed by atoms with van der Waals surface area (Å²) < 4.78 is 16.4. The van der Waals surface area contributed by atoms with Gasteiger partial charge in [-0.2, -0.15) is 0 Å². The van der Waals surface area contributed by atoms with E-state index in [2.05, 4.69) is 0 Å². The number of hydrogen-bond donors (Lipinski definition) is 0. The van der Waals surface area contributed by atoms with E-state index in [1.54, 1.807) is 0 Å². The predicted molar refractivity (Wildman–Crippen MR) is 39.5 cm³/mol. The van der Waals surface area contributed by atoms with Crippen molar-refractivity contribution in [1.29, 1.82) is 0 Å². The van der Waals surface area contributed by atoms with E-state index in [9.17, 15) is 0 Å². The summed E-state index contributed by atoms with van der Waals surface area (Å²) in [7, 11) is 0. The Bertz CT molecular complexity index is 113. The summed E-state index contributed by atoms with van der Waals surface area (Å²) in [5.74, 6) is 0. The molecule has 11 heavy (non-hydrogen) atoms. The molecule has 0 aliphatic carbocycles. The summed E-state index contributed by atoms with van der Waals surface area (Å²) in [6.07, 6.45) is 2.58. The highest BCUT2D eigenvalue weighted by atomic mass is 16.6. The Hall–Kier alpha value is -0.120. The number of hydrogen-bond acceptors (Lipinski definition) is 3. The van der Waals surface area contributed by atoms with Gasteiger partial charge in [-0.1, -0.05) is 0 Å². The first-order valence-corrected chi connectivity index (χ1v) is 4.28. The van der Waals surface area contributed by atoms with Crippen molar-refractivity contribution in [3.05, 3.63) is 0 Å². The second kappa shape index (κ2) is 3.52. The largest absolute Gasteiger partial charge is 0.381 e. The quantitative estimate of drug-likeness (QED) is 0.516. The number of fused-ring (bicyclic) bond motifs is 1. The first-order chi connectivity index (χ1) is 5.47. The van der Waals surface area contributed by atoms with Crippen LogP contribution in [0.1, 0.15) is 12.8 Å². The molecule has 2 rings (SSSR count). The van der Waals surface area contributed by atoms with Crippen molar-refractivity contribution < 1.29 is 14.2 Å². The van der Waals surface area contributed by atoms with E-state index >= 15 is 0 Å². The zero-order valence-corrected chi connectivity index (χ0v) is 6.62. The minimum atomic E-state index is 0.297. The summed E-state index contributed by atoms with van der Waals surface area (Å²) in [4.78, 5) is 0. The van der Waals surface area contributed by atoms with Crippen LogP contribution in [0.2, 0.25) is 0 Å². The van der Waals surface area contributed by atoms with E-state index in [0.29, 0.717) is 12.2 Å². The van der Waals surface area contributed by atoms with E-state index in [-0.39, 0.29) is 0 Å². The molecule has 0 bridgehead atoms. The van der Waals surface area contributed by atoms with Crippen molar-refractivity contribution in [3.63, 3.8) is 0 Å². The fourth-order valence-electron chi connectivity index (χ4n) is 1.65. The Morgan fingerprint density at radius 1 is 0.727 bits per heavy atom. The lowest BCUT2D eigenvalue weighted by Crippen LogP contribution is -2.38. The van der Waals surface area contributed by atoms with Crippen molar-refractivity contribution >= 4 is 0 Å². The average molecular weight is 158 g/mol.